The van der Waals surface area contributed by atoms with E-state index in [2.05, 4.69) is 102 Å². The molecule has 224 valence electrons. The van der Waals surface area contributed by atoms with E-state index in [1.54, 1.807) is 0 Å². The van der Waals surface area contributed by atoms with Crippen molar-refractivity contribution < 1.29 is 4.42 Å². The normalized spacial score (nSPS) is 11.8. The van der Waals surface area contributed by atoms with Crippen LogP contribution in [0.15, 0.2) is 162 Å². The molecule has 5 nitrogen and oxygen atoms in total. The van der Waals surface area contributed by atoms with Crippen molar-refractivity contribution in [2.45, 2.75) is 0 Å². The number of para-hydroxylation sites is 4. The number of aromatic nitrogens is 4. The van der Waals surface area contributed by atoms with Gasteiger partial charge in [-0.25, -0.2) is 15.0 Å². The third-order valence-corrected chi connectivity index (χ3v) is 9.27. The predicted molar refractivity (Wildman–Crippen MR) is 195 cm³/mol. The minimum Gasteiger partial charge on any atom is -0.455 e. The van der Waals surface area contributed by atoms with Crippen LogP contribution in [0, 0.1) is 0 Å². The minimum atomic E-state index is 0.569. The Morgan fingerprint density at radius 2 is 0.917 bits per heavy atom. The van der Waals surface area contributed by atoms with Crippen LogP contribution in [0.5, 0.6) is 0 Å². The summed E-state index contributed by atoms with van der Waals surface area (Å²) >= 11 is 0. The van der Waals surface area contributed by atoms with Gasteiger partial charge in [0.15, 0.2) is 17.5 Å². The largest absolute Gasteiger partial charge is 0.455 e. The van der Waals surface area contributed by atoms with Gasteiger partial charge in [0.2, 0.25) is 0 Å². The molecule has 0 N–H and O–H groups in total. The average molecular weight is 615 g/mol. The molecule has 0 saturated heterocycles. The van der Waals surface area contributed by atoms with Crippen LogP contribution in [0.25, 0.3) is 94.4 Å². The maximum absolute atomic E-state index is 6.42. The highest BCUT2D eigenvalue weighted by Gasteiger charge is 2.20. The summed E-state index contributed by atoms with van der Waals surface area (Å²) in [4.78, 5) is 15.3. The van der Waals surface area contributed by atoms with Crippen LogP contribution in [-0.2, 0) is 0 Å². The van der Waals surface area contributed by atoms with Gasteiger partial charge in [-0.15, -0.1) is 0 Å². The lowest BCUT2D eigenvalue weighted by Crippen LogP contribution is -2.01. The van der Waals surface area contributed by atoms with Crippen molar-refractivity contribution in [1.82, 2.24) is 19.5 Å². The lowest BCUT2D eigenvalue weighted by molar-refractivity contribution is 0.669. The number of hydrogen-bond acceptors (Lipinski definition) is 4. The fraction of sp³-hybridized carbons (Fsp3) is 0. The number of fused-ring (bicyclic) bond motifs is 7. The van der Waals surface area contributed by atoms with Crippen LogP contribution in [0.3, 0.4) is 0 Å². The molecular formula is C43H26N4O. The van der Waals surface area contributed by atoms with E-state index in [1.165, 1.54) is 21.8 Å². The van der Waals surface area contributed by atoms with Gasteiger partial charge in [0.1, 0.15) is 11.2 Å². The molecule has 10 rings (SSSR count). The average Bonchev–Trinajstić information content (AvgIpc) is 3.70. The first-order chi connectivity index (χ1) is 23.8. The molecule has 0 saturated carbocycles. The molecule has 0 bridgehead atoms. The van der Waals surface area contributed by atoms with Crippen LogP contribution in [0.4, 0.5) is 0 Å². The van der Waals surface area contributed by atoms with Gasteiger partial charge >= 0.3 is 0 Å². The van der Waals surface area contributed by atoms with E-state index in [0.29, 0.717) is 17.5 Å². The number of nitrogens with zero attached hydrogens (tertiary/aromatic N) is 4. The molecule has 0 fully saturated rings. The highest BCUT2D eigenvalue weighted by Crippen LogP contribution is 2.39. The standard InChI is InChI=1S/C43H26N4O/c1-2-13-27(14-3-1)41-44-42(46-43(45-41)35-22-11-20-33-32-17-6-9-26-39(32)48-40(33)35)34-21-10-19-29-28(34)18-12-25-38(29)47-36-23-7-4-15-30(36)31-16-5-8-24-37(31)47/h1-26H. The Bertz CT molecular complexity index is 2800. The van der Waals surface area contributed by atoms with Crippen molar-refractivity contribution in [3.63, 3.8) is 0 Å². The highest BCUT2D eigenvalue weighted by atomic mass is 16.3. The summed E-state index contributed by atoms with van der Waals surface area (Å²) in [5.74, 6) is 1.79. The lowest BCUT2D eigenvalue weighted by Gasteiger charge is -2.14. The topological polar surface area (TPSA) is 56.7 Å². The van der Waals surface area contributed by atoms with Crippen molar-refractivity contribution in [3.05, 3.63) is 158 Å². The van der Waals surface area contributed by atoms with Crippen LogP contribution >= 0.6 is 0 Å². The number of benzene rings is 7. The molecule has 5 heteroatoms. The lowest BCUT2D eigenvalue weighted by atomic mass is 10.0. The molecule has 0 aliphatic heterocycles. The second-order valence-electron chi connectivity index (χ2n) is 12.0. The van der Waals surface area contributed by atoms with Crippen LogP contribution in [0.1, 0.15) is 0 Å². The molecule has 0 atom stereocenters. The number of rotatable bonds is 4. The van der Waals surface area contributed by atoms with Gasteiger partial charge in [0, 0.05) is 38.1 Å². The molecule has 7 aromatic carbocycles. The zero-order valence-electron chi connectivity index (χ0n) is 25.7. The Morgan fingerprint density at radius 1 is 0.375 bits per heavy atom. The SMILES string of the molecule is c1ccc(-c2nc(-c3cccc4c(-n5c6ccccc6c6ccccc65)cccc34)nc(-c3cccc4c3oc3ccccc34)n2)cc1. The van der Waals surface area contributed by atoms with Crippen molar-refractivity contribution >= 4 is 54.5 Å². The van der Waals surface area contributed by atoms with Crippen LogP contribution in [0.2, 0.25) is 0 Å². The summed E-state index contributed by atoms with van der Waals surface area (Å²) in [5, 5.41) is 6.75. The van der Waals surface area contributed by atoms with Crippen molar-refractivity contribution in [2.24, 2.45) is 0 Å². The van der Waals surface area contributed by atoms with Gasteiger partial charge < -0.3 is 8.98 Å². The first kappa shape index (κ1) is 26.6. The minimum absolute atomic E-state index is 0.569. The summed E-state index contributed by atoms with van der Waals surface area (Å²) in [6, 6.07) is 54.4. The van der Waals surface area contributed by atoms with E-state index in [1.807, 2.05) is 60.7 Å². The number of furan rings is 1. The van der Waals surface area contributed by atoms with E-state index in [0.717, 1.165) is 55.1 Å². The van der Waals surface area contributed by atoms with Crippen molar-refractivity contribution in [1.29, 1.82) is 0 Å². The van der Waals surface area contributed by atoms with E-state index in [4.69, 9.17) is 19.4 Å². The Morgan fingerprint density at radius 3 is 1.69 bits per heavy atom. The predicted octanol–water partition coefficient (Wildman–Crippen LogP) is 11.0. The first-order valence-corrected chi connectivity index (χ1v) is 16.0. The Hall–Kier alpha value is -6.59. The molecule has 0 radical (unpaired) electrons. The molecule has 10 aromatic rings. The smallest absolute Gasteiger partial charge is 0.167 e. The van der Waals surface area contributed by atoms with Crippen molar-refractivity contribution in [3.8, 4) is 39.9 Å². The molecule has 3 aromatic heterocycles. The summed E-state index contributed by atoms with van der Waals surface area (Å²) < 4.78 is 8.79. The maximum atomic E-state index is 6.42. The first-order valence-electron chi connectivity index (χ1n) is 16.0. The van der Waals surface area contributed by atoms with Crippen LogP contribution in [-0.4, -0.2) is 19.5 Å². The molecule has 3 heterocycles. The zero-order valence-corrected chi connectivity index (χ0v) is 25.7. The van der Waals surface area contributed by atoms with Gasteiger partial charge in [-0.05, 0) is 35.7 Å². The third kappa shape index (κ3) is 4.01. The fourth-order valence-corrected chi connectivity index (χ4v) is 7.12. The molecule has 0 unspecified atom stereocenters. The fourth-order valence-electron chi connectivity index (χ4n) is 7.12. The summed E-state index contributed by atoms with van der Waals surface area (Å²) in [6.07, 6.45) is 0. The molecular weight excluding hydrogens is 589 g/mol. The van der Waals surface area contributed by atoms with Gasteiger partial charge in [-0.1, -0.05) is 127 Å². The Kier molecular flexibility index (Phi) is 5.81. The van der Waals surface area contributed by atoms with E-state index in [-0.39, 0.29) is 0 Å². The molecule has 0 spiro atoms. The van der Waals surface area contributed by atoms with Gasteiger partial charge in [0.05, 0.1) is 22.3 Å². The van der Waals surface area contributed by atoms with E-state index < -0.39 is 0 Å². The molecule has 0 aliphatic carbocycles. The molecule has 0 amide bonds. The summed E-state index contributed by atoms with van der Waals surface area (Å²) in [7, 11) is 0. The molecule has 48 heavy (non-hydrogen) atoms. The summed E-state index contributed by atoms with van der Waals surface area (Å²) in [5.41, 5.74) is 7.74. The Balaban J connectivity index is 1.24. The van der Waals surface area contributed by atoms with E-state index >= 15 is 0 Å². The second-order valence-corrected chi connectivity index (χ2v) is 12.0. The maximum Gasteiger partial charge on any atom is 0.167 e. The quantitative estimate of drug-likeness (QED) is 0.198. The van der Waals surface area contributed by atoms with Gasteiger partial charge in [-0.3, -0.25) is 0 Å². The van der Waals surface area contributed by atoms with E-state index in [9.17, 15) is 0 Å². The monoisotopic (exact) mass is 614 g/mol. The zero-order chi connectivity index (χ0) is 31.6. The molecule has 0 aliphatic rings. The summed E-state index contributed by atoms with van der Waals surface area (Å²) in [6.45, 7) is 0. The highest BCUT2D eigenvalue weighted by molar-refractivity contribution is 6.12. The van der Waals surface area contributed by atoms with Gasteiger partial charge in [0.25, 0.3) is 0 Å². The Labute approximate surface area is 275 Å². The van der Waals surface area contributed by atoms with Gasteiger partial charge in [-0.2, -0.15) is 0 Å². The van der Waals surface area contributed by atoms with Crippen LogP contribution < -0.4 is 0 Å². The number of hydrogen-bond donors (Lipinski definition) is 0. The third-order valence-electron chi connectivity index (χ3n) is 9.27. The second kappa shape index (κ2) is 10.5. The van der Waals surface area contributed by atoms with Crippen molar-refractivity contribution in [2.75, 3.05) is 0 Å².